The molecule has 1 aromatic carbocycles. The van der Waals surface area contributed by atoms with Gasteiger partial charge in [0.05, 0.1) is 6.07 Å². The average Bonchev–Trinajstić information content (AvgIpc) is 2.36. The minimum atomic E-state index is -0.510. The molecule has 1 aliphatic carbocycles. The van der Waals surface area contributed by atoms with Gasteiger partial charge in [0.15, 0.2) is 0 Å². The summed E-state index contributed by atoms with van der Waals surface area (Å²) in [6.07, 6.45) is 2.97. The lowest BCUT2D eigenvalue weighted by Crippen LogP contribution is -2.46. The molecule has 3 unspecified atom stereocenters. The van der Waals surface area contributed by atoms with Crippen molar-refractivity contribution in [3.8, 4) is 6.07 Å². The van der Waals surface area contributed by atoms with E-state index < -0.39 is 5.54 Å². The van der Waals surface area contributed by atoms with Gasteiger partial charge < -0.3 is 5.32 Å². The Kier molecular flexibility index (Phi) is 3.56. The lowest BCUT2D eigenvalue weighted by Gasteiger charge is -2.40. The third kappa shape index (κ3) is 2.48. The molecule has 0 radical (unpaired) electrons. The third-order valence-electron chi connectivity index (χ3n) is 4.04. The zero-order valence-electron chi connectivity index (χ0n) is 10.9. The normalized spacial score (nSPS) is 31.7. The van der Waals surface area contributed by atoms with Crippen LogP contribution in [0.3, 0.4) is 0 Å². The van der Waals surface area contributed by atoms with Crippen LogP contribution in [0.15, 0.2) is 24.3 Å². The topological polar surface area (TPSA) is 35.8 Å². The summed E-state index contributed by atoms with van der Waals surface area (Å²) in [6.45, 7) is 4.35. The van der Waals surface area contributed by atoms with E-state index in [2.05, 4.69) is 25.2 Å². The number of nitriles is 1. The average molecular weight is 246 g/mol. The second kappa shape index (κ2) is 4.97. The number of nitrogens with zero attached hydrogens (tertiary/aromatic N) is 1. The predicted octanol–water partition coefficient (Wildman–Crippen LogP) is 3.96. The molecule has 3 heteroatoms. The van der Waals surface area contributed by atoms with Crippen LogP contribution in [0.1, 0.15) is 33.1 Å². The molecule has 0 heterocycles. The molecule has 18 heavy (non-hydrogen) atoms. The molecule has 96 valence electrons. The van der Waals surface area contributed by atoms with Crippen molar-refractivity contribution in [2.45, 2.75) is 38.6 Å². The van der Waals surface area contributed by atoms with E-state index in [9.17, 15) is 9.65 Å². The molecule has 0 amide bonds. The fourth-order valence-electron chi connectivity index (χ4n) is 2.81. The molecule has 1 aliphatic rings. The van der Waals surface area contributed by atoms with Crippen LogP contribution in [0.2, 0.25) is 0 Å². The summed E-state index contributed by atoms with van der Waals surface area (Å²) in [5.41, 5.74) is 0.309. The second-order valence-corrected chi connectivity index (χ2v) is 5.50. The first-order valence-electron chi connectivity index (χ1n) is 6.51. The summed E-state index contributed by atoms with van der Waals surface area (Å²) in [6, 6.07) is 8.67. The van der Waals surface area contributed by atoms with Gasteiger partial charge in [0.25, 0.3) is 0 Å². The van der Waals surface area contributed by atoms with E-state index in [1.807, 2.05) is 0 Å². The SMILES string of the molecule is CC1CCC(C#N)(Nc2ccc(F)cc2)C(C)C1. The van der Waals surface area contributed by atoms with Crippen molar-refractivity contribution in [1.29, 1.82) is 5.26 Å². The molecule has 0 bridgehead atoms. The first kappa shape index (κ1) is 12.9. The molecule has 3 atom stereocenters. The Labute approximate surface area is 108 Å². The summed E-state index contributed by atoms with van der Waals surface area (Å²) in [5.74, 6) is 0.727. The molecule has 0 aliphatic heterocycles. The standard InChI is InChI=1S/C15H19FN2/c1-11-7-8-15(10-17,12(2)9-11)18-14-5-3-13(16)4-6-14/h3-6,11-12,18H,7-9H2,1-2H3. The van der Waals surface area contributed by atoms with Gasteiger partial charge in [-0.05, 0) is 55.4 Å². The van der Waals surface area contributed by atoms with Crippen LogP contribution in [0.25, 0.3) is 0 Å². The smallest absolute Gasteiger partial charge is 0.127 e. The van der Waals surface area contributed by atoms with Crippen molar-refractivity contribution in [3.05, 3.63) is 30.1 Å². The Balaban J connectivity index is 2.18. The number of anilines is 1. The monoisotopic (exact) mass is 246 g/mol. The highest BCUT2D eigenvalue weighted by atomic mass is 19.1. The van der Waals surface area contributed by atoms with Crippen LogP contribution < -0.4 is 5.32 Å². The number of halogens is 1. The molecule has 1 N–H and O–H groups in total. The second-order valence-electron chi connectivity index (χ2n) is 5.50. The van der Waals surface area contributed by atoms with Crippen LogP contribution in [-0.2, 0) is 0 Å². The fourth-order valence-corrected chi connectivity index (χ4v) is 2.81. The van der Waals surface area contributed by atoms with Gasteiger partial charge in [-0.3, -0.25) is 0 Å². The summed E-state index contributed by atoms with van der Waals surface area (Å²) < 4.78 is 12.9. The molecule has 2 nitrogen and oxygen atoms in total. The van der Waals surface area contributed by atoms with E-state index >= 15 is 0 Å². The summed E-state index contributed by atoms with van der Waals surface area (Å²) >= 11 is 0. The Morgan fingerprint density at radius 1 is 1.33 bits per heavy atom. The minimum Gasteiger partial charge on any atom is -0.367 e. The van der Waals surface area contributed by atoms with Gasteiger partial charge in [0.2, 0.25) is 0 Å². The first-order valence-corrected chi connectivity index (χ1v) is 6.51. The summed E-state index contributed by atoms with van der Waals surface area (Å²) in [5, 5.41) is 12.8. The third-order valence-corrected chi connectivity index (χ3v) is 4.04. The highest BCUT2D eigenvalue weighted by molar-refractivity contribution is 5.48. The maximum absolute atomic E-state index is 12.9. The van der Waals surface area contributed by atoms with Crippen LogP contribution >= 0.6 is 0 Å². The highest BCUT2D eigenvalue weighted by Crippen LogP contribution is 2.38. The molecule has 0 aromatic heterocycles. The molecule has 1 aromatic rings. The lowest BCUT2D eigenvalue weighted by molar-refractivity contribution is 0.229. The molecule has 0 spiro atoms. The molecule has 1 fully saturated rings. The van der Waals surface area contributed by atoms with E-state index in [4.69, 9.17) is 0 Å². The summed E-state index contributed by atoms with van der Waals surface area (Å²) in [7, 11) is 0. The van der Waals surface area contributed by atoms with Crippen molar-refractivity contribution in [1.82, 2.24) is 0 Å². The van der Waals surface area contributed by atoms with E-state index in [1.165, 1.54) is 12.1 Å². The largest absolute Gasteiger partial charge is 0.367 e. The maximum atomic E-state index is 12.9. The van der Waals surface area contributed by atoms with Crippen molar-refractivity contribution >= 4 is 5.69 Å². The number of nitrogens with one attached hydrogen (secondary N) is 1. The van der Waals surface area contributed by atoms with E-state index in [0.29, 0.717) is 11.8 Å². The molecular formula is C15H19FN2. The predicted molar refractivity (Wildman–Crippen MR) is 70.5 cm³/mol. The van der Waals surface area contributed by atoms with Gasteiger partial charge in [-0.2, -0.15) is 5.26 Å². The van der Waals surface area contributed by atoms with Crippen molar-refractivity contribution in [3.63, 3.8) is 0 Å². The molecule has 0 saturated heterocycles. The zero-order chi connectivity index (χ0) is 13.2. The van der Waals surface area contributed by atoms with E-state index in [0.717, 1.165) is 24.9 Å². The Bertz CT molecular complexity index is 449. The number of hydrogen-bond acceptors (Lipinski definition) is 2. The van der Waals surface area contributed by atoms with Gasteiger partial charge in [-0.15, -0.1) is 0 Å². The first-order chi connectivity index (χ1) is 8.55. The number of rotatable bonds is 2. The van der Waals surface area contributed by atoms with Crippen molar-refractivity contribution < 1.29 is 4.39 Å². The van der Waals surface area contributed by atoms with Gasteiger partial charge in [0.1, 0.15) is 11.4 Å². The van der Waals surface area contributed by atoms with Gasteiger partial charge >= 0.3 is 0 Å². The van der Waals surface area contributed by atoms with Gasteiger partial charge in [-0.1, -0.05) is 13.8 Å². The Morgan fingerprint density at radius 3 is 2.56 bits per heavy atom. The van der Waals surface area contributed by atoms with Crippen molar-refractivity contribution in [2.24, 2.45) is 11.8 Å². The molecular weight excluding hydrogens is 227 g/mol. The quantitative estimate of drug-likeness (QED) is 0.857. The van der Waals surface area contributed by atoms with E-state index in [1.54, 1.807) is 12.1 Å². The summed E-state index contributed by atoms with van der Waals surface area (Å²) in [4.78, 5) is 0. The van der Waals surface area contributed by atoms with Gasteiger partial charge in [-0.25, -0.2) is 4.39 Å². The lowest BCUT2D eigenvalue weighted by atomic mass is 9.70. The van der Waals surface area contributed by atoms with Crippen LogP contribution in [0, 0.1) is 29.0 Å². The van der Waals surface area contributed by atoms with E-state index in [-0.39, 0.29) is 5.82 Å². The van der Waals surface area contributed by atoms with Crippen molar-refractivity contribution in [2.75, 3.05) is 5.32 Å². The number of hydrogen-bond donors (Lipinski definition) is 1. The van der Waals surface area contributed by atoms with Crippen LogP contribution in [-0.4, -0.2) is 5.54 Å². The highest BCUT2D eigenvalue weighted by Gasteiger charge is 2.40. The fraction of sp³-hybridized carbons (Fsp3) is 0.533. The van der Waals surface area contributed by atoms with Crippen LogP contribution in [0.4, 0.5) is 10.1 Å². The Hall–Kier alpha value is -1.56. The van der Waals surface area contributed by atoms with Gasteiger partial charge in [0, 0.05) is 5.69 Å². The van der Waals surface area contributed by atoms with Crippen LogP contribution in [0.5, 0.6) is 0 Å². The Morgan fingerprint density at radius 2 is 2.00 bits per heavy atom. The maximum Gasteiger partial charge on any atom is 0.127 e. The zero-order valence-corrected chi connectivity index (χ0v) is 10.9. The number of benzene rings is 1. The molecule has 2 rings (SSSR count). The molecule has 1 saturated carbocycles. The minimum absolute atomic E-state index is 0.253.